The number of hydrogen-bond acceptors (Lipinski definition) is 3. The van der Waals surface area contributed by atoms with Gasteiger partial charge in [0.25, 0.3) is 5.91 Å². The molecular formula is C18H28ClNO3. The maximum absolute atomic E-state index is 12.6. The highest BCUT2D eigenvalue weighted by Crippen LogP contribution is 2.29. The Bertz CT molecular complexity index is 507. The minimum Gasteiger partial charge on any atom is -0.492 e. The van der Waals surface area contributed by atoms with E-state index in [2.05, 4.69) is 5.32 Å². The summed E-state index contributed by atoms with van der Waals surface area (Å²) in [6, 6.07) is 5.27. The van der Waals surface area contributed by atoms with Crippen LogP contribution in [0.1, 0.15) is 53.4 Å². The van der Waals surface area contributed by atoms with Crippen molar-refractivity contribution in [3.63, 3.8) is 0 Å². The van der Waals surface area contributed by atoms with E-state index in [4.69, 9.17) is 21.1 Å². The number of carbonyl (C=O) groups is 1. The minimum atomic E-state index is -0.825. The van der Waals surface area contributed by atoms with Crippen LogP contribution in [0.15, 0.2) is 18.2 Å². The smallest absolute Gasteiger partial charge is 0.256 e. The largest absolute Gasteiger partial charge is 0.492 e. The third-order valence-corrected chi connectivity index (χ3v) is 3.78. The Morgan fingerprint density at radius 2 is 1.87 bits per heavy atom. The third kappa shape index (κ3) is 6.04. The molecule has 23 heavy (non-hydrogen) atoms. The van der Waals surface area contributed by atoms with E-state index < -0.39 is 5.60 Å². The normalized spacial score (nSPS) is 13.4. The molecule has 1 aromatic carbocycles. The number of ether oxygens (including phenoxy) is 2. The van der Waals surface area contributed by atoms with E-state index in [-0.39, 0.29) is 5.91 Å². The summed E-state index contributed by atoms with van der Waals surface area (Å²) in [6.07, 6.45) is 3.34. The fourth-order valence-electron chi connectivity index (χ4n) is 2.23. The summed E-state index contributed by atoms with van der Waals surface area (Å²) in [5.74, 6) is 0.483. The summed E-state index contributed by atoms with van der Waals surface area (Å²) in [6.45, 7) is 9.12. The van der Waals surface area contributed by atoms with Gasteiger partial charge < -0.3 is 14.8 Å². The fourth-order valence-corrected chi connectivity index (χ4v) is 2.46. The zero-order chi connectivity index (χ0) is 17.3. The maximum atomic E-state index is 12.6. The van der Waals surface area contributed by atoms with E-state index in [0.717, 1.165) is 19.3 Å². The lowest BCUT2D eigenvalue weighted by Gasteiger charge is -2.28. The molecule has 4 nitrogen and oxygen atoms in total. The molecule has 1 aromatic rings. The standard InChI is InChI=1S/C18H28ClNO3/c1-5-10-18(4,23-12-7-3)17(21)20-14-8-9-16(15(19)13-14)22-11-6-2/h8-9,13H,5-7,10-12H2,1-4H3,(H,20,21)/t18-/m1/s1. The van der Waals surface area contributed by atoms with Gasteiger partial charge in [-0.2, -0.15) is 0 Å². The van der Waals surface area contributed by atoms with Crippen molar-refractivity contribution in [3.8, 4) is 5.75 Å². The lowest BCUT2D eigenvalue weighted by molar-refractivity contribution is -0.140. The molecule has 0 heterocycles. The maximum Gasteiger partial charge on any atom is 0.256 e. The van der Waals surface area contributed by atoms with Gasteiger partial charge in [-0.25, -0.2) is 0 Å². The van der Waals surface area contributed by atoms with Crippen LogP contribution in [0.5, 0.6) is 5.75 Å². The Morgan fingerprint density at radius 1 is 1.17 bits per heavy atom. The van der Waals surface area contributed by atoms with Crippen molar-refractivity contribution in [2.75, 3.05) is 18.5 Å². The van der Waals surface area contributed by atoms with Crippen molar-refractivity contribution in [2.24, 2.45) is 0 Å². The summed E-state index contributed by atoms with van der Waals surface area (Å²) < 4.78 is 11.3. The Hall–Kier alpha value is -1.26. The molecule has 1 N–H and O–H groups in total. The second-order valence-electron chi connectivity index (χ2n) is 5.78. The topological polar surface area (TPSA) is 47.6 Å². The van der Waals surface area contributed by atoms with Gasteiger partial charge in [-0.05, 0) is 44.4 Å². The van der Waals surface area contributed by atoms with Crippen LogP contribution in [0.4, 0.5) is 5.69 Å². The average Bonchev–Trinajstić information content (AvgIpc) is 2.52. The van der Waals surface area contributed by atoms with Gasteiger partial charge in [0.15, 0.2) is 0 Å². The number of anilines is 1. The Labute approximate surface area is 144 Å². The van der Waals surface area contributed by atoms with Crippen molar-refractivity contribution in [2.45, 2.75) is 59.0 Å². The number of hydrogen-bond donors (Lipinski definition) is 1. The number of nitrogens with one attached hydrogen (secondary N) is 1. The highest BCUT2D eigenvalue weighted by atomic mass is 35.5. The zero-order valence-electron chi connectivity index (χ0n) is 14.6. The summed E-state index contributed by atoms with van der Waals surface area (Å²) in [7, 11) is 0. The summed E-state index contributed by atoms with van der Waals surface area (Å²) in [5.41, 5.74) is -0.180. The van der Waals surface area contributed by atoms with Crippen molar-refractivity contribution in [1.82, 2.24) is 0 Å². The molecule has 5 heteroatoms. The number of carbonyl (C=O) groups excluding carboxylic acids is 1. The Kier molecular flexibility index (Phi) is 8.42. The van der Waals surface area contributed by atoms with Gasteiger partial charge in [0.05, 0.1) is 11.6 Å². The second-order valence-corrected chi connectivity index (χ2v) is 6.18. The lowest BCUT2D eigenvalue weighted by atomic mass is 9.99. The summed E-state index contributed by atoms with van der Waals surface area (Å²) in [5, 5.41) is 3.39. The van der Waals surface area contributed by atoms with Crippen LogP contribution in [0.25, 0.3) is 0 Å². The molecule has 0 aromatic heterocycles. The molecule has 0 radical (unpaired) electrons. The number of rotatable bonds is 10. The molecule has 0 spiro atoms. The van der Waals surface area contributed by atoms with Crippen molar-refractivity contribution >= 4 is 23.2 Å². The van der Waals surface area contributed by atoms with Gasteiger partial charge in [0.2, 0.25) is 0 Å². The fraction of sp³-hybridized carbons (Fsp3) is 0.611. The predicted octanol–water partition coefficient (Wildman–Crippen LogP) is 5.05. The molecule has 0 unspecified atom stereocenters. The van der Waals surface area contributed by atoms with E-state index in [1.54, 1.807) is 18.2 Å². The number of halogens is 1. The van der Waals surface area contributed by atoms with Gasteiger partial charge in [0.1, 0.15) is 11.4 Å². The van der Waals surface area contributed by atoms with E-state index in [1.165, 1.54) is 0 Å². The van der Waals surface area contributed by atoms with Crippen LogP contribution in [0, 0.1) is 0 Å². The van der Waals surface area contributed by atoms with E-state index in [0.29, 0.717) is 36.1 Å². The van der Waals surface area contributed by atoms with Crippen LogP contribution in [-0.2, 0) is 9.53 Å². The molecule has 0 aliphatic carbocycles. The van der Waals surface area contributed by atoms with Crippen LogP contribution >= 0.6 is 11.6 Å². The zero-order valence-corrected chi connectivity index (χ0v) is 15.3. The molecule has 0 aliphatic rings. The molecular weight excluding hydrogens is 314 g/mol. The number of amides is 1. The molecule has 1 atom stereocenters. The molecule has 0 saturated carbocycles. The minimum absolute atomic E-state index is 0.147. The van der Waals surface area contributed by atoms with Crippen LogP contribution in [0.3, 0.4) is 0 Å². The van der Waals surface area contributed by atoms with E-state index in [9.17, 15) is 4.79 Å². The van der Waals surface area contributed by atoms with Gasteiger partial charge in [-0.15, -0.1) is 0 Å². The van der Waals surface area contributed by atoms with Crippen LogP contribution in [0.2, 0.25) is 5.02 Å². The first-order valence-corrected chi connectivity index (χ1v) is 8.72. The Morgan fingerprint density at radius 3 is 2.43 bits per heavy atom. The first-order valence-electron chi connectivity index (χ1n) is 8.34. The quantitative estimate of drug-likeness (QED) is 0.647. The highest BCUT2D eigenvalue weighted by molar-refractivity contribution is 6.32. The predicted molar refractivity (Wildman–Crippen MR) is 95.4 cm³/mol. The highest BCUT2D eigenvalue weighted by Gasteiger charge is 2.33. The molecule has 0 fully saturated rings. The summed E-state index contributed by atoms with van der Waals surface area (Å²) in [4.78, 5) is 12.6. The van der Waals surface area contributed by atoms with Gasteiger partial charge >= 0.3 is 0 Å². The molecule has 0 saturated heterocycles. The molecule has 0 aliphatic heterocycles. The lowest BCUT2D eigenvalue weighted by Crippen LogP contribution is -2.43. The van der Waals surface area contributed by atoms with E-state index in [1.807, 2.05) is 27.7 Å². The second kappa shape index (κ2) is 9.78. The number of benzene rings is 1. The molecule has 1 rings (SSSR count). The van der Waals surface area contributed by atoms with Gasteiger partial charge in [0, 0.05) is 12.3 Å². The first-order chi connectivity index (χ1) is 11.0. The van der Waals surface area contributed by atoms with Crippen molar-refractivity contribution in [3.05, 3.63) is 23.2 Å². The van der Waals surface area contributed by atoms with E-state index >= 15 is 0 Å². The molecule has 130 valence electrons. The van der Waals surface area contributed by atoms with Crippen LogP contribution in [-0.4, -0.2) is 24.7 Å². The van der Waals surface area contributed by atoms with Gasteiger partial charge in [-0.3, -0.25) is 4.79 Å². The first kappa shape index (κ1) is 19.8. The van der Waals surface area contributed by atoms with Crippen LogP contribution < -0.4 is 10.1 Å². The monoisotopic (exact) mass is 341 g/mol. The summed E-state index contributed by atoms with van der Waals surface area (Å²) >= 11 is 6.20. The SMILES string of the molecule is CCCOc1ccc(NC(=O)[C@@](C)(CCC)OCCC)cc1Cl. The average molecular weight is 342 g/mol. The van der Waals surface area contributed by atoms with Crippen molar-refractivity contribution < 1.29 is 14.3 Å². The third-order valence-electron chi connectivity index (χ3n) is 3.48. The van der Waals surface area contributed by atoms with Crippen molar-refractivity contribution in [1.29, 1.82) is 0 Å². The Balaban J connectivity index is 2.79. The molecule has 1 amide bonds. The van der Waals surface area contributed by atoms with Gasteiger partial charge in [-0.1, -0.05) is 38.8 Å². The molecule has 0 bridgehead atoms.